The summed E-state index contributed by atoms with van der Waals surface area (Å²) in [5.74, 6) is 1.26. The van der Waals surface area contributed by atoms with Gasteiger partial charge in [0.05, 0.1) is 36.3 Å². The van der Waals surface area contributed by atoms with E-state index in [1.165, 1.54) is 4.80 Å². The molecule has 10 heteroatoms. The Morgan fingerprint density at radius 2 is 2.00 bits per heavy atom. The third kappa shape index (κ3) is 3.60. The van der Waals surface area contributed by atoms with Gasteiger partial charge in [-0.3, -0.25) is 4.79 Å². The molecule has 1 unspecified atom stereocenters. The van der Waals surface area contributed by atoms with Crippen molar-refractivity contribution in [1.29, 1.82) is 0 Å². The first kappa shape index (κ1) is 20.2. The third-order valence-corrected chi connectivity index (χ3v) is 5.65. The molecule has 1 atom stereocenters. The lowest BCUT2D eigenvalue weighted by Crippen LogP contribution is -2.31. The number of amides is 1. The van der Waals surface area contributed by atoms with Crippen molar-refractivity contribution in [1.82, 2.24) is 30.0 Å². The molecule has 32 heavy (non-hydrogen) atoms. The van der Waals surface area contributed by atoms with E-state index in [4.69, 9.17) is 20.9 Å². The zero-order valence-electron chi connectivity index (χ0n) is 17.2. The van der Waals surface area contributed by atoms with Crippen molar-refractivity contribution in [2.75, 3.05) is 13.7 Å². The topological polar surface area (TPSA) is 99.2 Å². The number of hydrogen-bond acceptors (Lipinski definition) is 7. The van der Waals surface area contributed by atoms with Crippen molar-refractivity contribution in [2.24, 2.45) is 0 Å². The number of methoxy groups -OCH3 is 1. The van der Waals surface area contributed by atoms with E-state index in [0.717, 1.165) is 18.4 Å². The van der Waals surface area contributed by atoms with Gasteiger partial charge in [-0.1, -0.05) is 28.9 Å². The van der Waals surface area contributed by atoms with Gasteiger partial charge in [-0.15, -0.1) is 0 Å². The maximum Gasteiger partial charge on any atom is 0.256 e. The Kier molecular flexibility index (Phi) is 5.32. The summed E-state index contributed by atoms with van der Waals surface area (Å²) in [5.41, 5.74) is 1.68. The van der Waals surface area contributed by atoms with Crippen LogP contribution in [0.4, 0.5) is 0 Å². The minimum absolute atomic E-state index is 0.195. The molecule has 0 radical (unpaired) electrons. The second-order valence-electron chi connectivity index (χ2n) is 7.29. The smallest absolute Gasteiger partial charge is 0.256 e. The van der Waals surface area contributed by atoms with E-state index in [2.05, 4.69) is 20.3 Å². The molecule has 0 bridgehead atoms. The van der Waals surface area contributed by atoms with Gasteiger partial charge in [-0.05, 0) is 43.2 Å². The number of para-hydroxylation sites is 1. The number of benzene rings is 2. The molecule has 3 heterocycles. The van der Waals surface area contributed by atoms with Crippen LogP contribution in [0.15, 0.2) is 59.4 Å². The number of rotatable bonds is 5. The van der Waals surface area contributed by atoms with Crippen molar-refractivity contribution in [3.05, 3.63) is 71.3 Å². The molecular weight excluding hydrogens is 432 g/mol. The van der Waals surface area contributed by atoms with Crippen LogP contribution in [0.3, 0.4) is 0 Å². The molecule has 5 rings (SSSR count). The van der Waals surface area contributed by atoms with E-state index in [9.17, 15) is 4.79 Å². The summed E-state index contributed by atoms with van der Waals surface area (Å²) in [6.07, 6.45) is 4.65. The minimum Gasteiger partial charge on any atom is -0.496 e. The van der Waals surface area contributed by atoms with Gasteiger partial charge in [0, 0.05) is 11.6 Å². The Morgan fingerprint density at radius 3 is 2.81 bits per heavy atom. The average Bonchev–Trinajstić information content (AvgIpc) is 3.59. The first-order valence-corrected chi connectivity index (χ1v) is 10.5. The van der Waals surface area contributed by atoms with Gasteiger partial charge >= 0.3 is 0 Å². The van der Waals surface area contributed by atoms with Crippen LogP contribution in [-0.4, -0.2) is 49.6 Å². The van der Waals surface area contributed by atoms with Gasteiger partial charge in [-0.25, -0.2) is 0 Å². The zero-order chi connectivity index (χ0) is 22.1. The Bertz CT molecular complexity index is 1260. The molecule has 2 aromatic carbocycles. The standard InChI is InChI=1S/C22H19ClN6O3/c1-31-19-7-3-2-5-15(19)20-26-21(32-27-20)18-6-4-12-28(18)22(30)16-13-14(23)8-9-17(16)29-24-10-11-25-29/h2-3,5,7-11,13,18H,4,6,12H2,1H3. The molecule has 1 saturated heterocycles. The van der Waals surface area contributed by atoms with Crippen molar-refractivity contribution >= 4 is 17.5 Å². The van der Waals surface area contributed by atoms with E-state index in [1.807, 2.05) is 24.3 Å². The Labute approximate surface area is 188 Å². The van der Waals surface area contributed by atoms with Crippen molar-refractivity contribution in [3.63, 3.8) is 0 Å². The van der Waals surface area contributed by atoms with Crippen molar-refractivity contribution in [2.45, 2.75) is 18.9 Å². The molecule has 1 aliphatic rings. The molecule has 9 nitrogen and oxygen atoms in total. The van der Waals surface area contributed by atoms with E-state index in [-0.39, 0.29) is 11.9 Å². The molecule has 0 spiro atoms. The molecule has 1 aliphatic heterocycles. The summed E-state index contributed by atoms with van der Waals surface area (Å²) in [6.45, 7) is 0.564. The fourth-order valence-corrected chi connectivity index (χ4v) is 4.10. The second-order valence-corrected chi connectivity index (χ2v) is 7.73. The van der Waals surface area contributed by atoms with Gasteiger partial charge in [0.15, 0.2) is 0 Å². The first-order chi connectivity index (χ1) is 15.7. The predicted molar refractivity (Wildman–Crippen MR) is 116 cm³/mol. The molecule has 0 aliphatic carbocycles. The third-order valence-electron chi connectivity index (χ3n) is 5.41. The lowest BCUT2D eigenvalue weighted by atomic mass is 10.1. The zero-order valence-corrected chi connectivity index (χ0v) is 17.9. The SMILES string of the molecule is COc1ccccc1-c1noc(C2CCCN2C(=O)c2cc(Cl)ccc2-n2nccn2)n1. The molecule has 1 amide bonds. The number of likely N-dealkylation sites (tertiary alicyclic amines) is 1. The number of carbonyl (C=O) groups is 1. The van der Waals surface area contributed by atoms with Crippen LogP contribution in [0.2, 0.25) is 5.02 Å². The largest absolute Gasteiger partial charge is 0.496 e. The molecule has 2 aromatic heterocycles. The fourth-order valence-electron chi connectivity index (χ4n) is 3.92. The Hall–Kier alpha value is -3.72. The van der Waals surface area contributed by atoms with Crippen LogP contribution in [0.1, 0.15) is 35.1 Å². The highest BCUT2D eigenvalue weighted by Crippen LogP contribution is 2.35. The van der Waals surface area contributed by atoms with Gasteiger partial charge in [-0.2, -0.15) is 20.0 Å². The summed E-state index contributed by atoms with van der Waals surface area (Å²) in [6, 6.07) is 12.2. The number of ether oxygens (including phenoxy) is 1. The summed E-state index contributed by atoms with van der Waals surface area (Å²) in [4.78, 5) is 21.3. The number of nitrogens with zero attached hydrogens (tertiary/aromatic N) is 6. The van der Waals surface area contributed by atoms with E-state index < -0.39 is 0 Å². The molecule has 4 aromatic rings. The molecule has 162 valence electrons. The Balaban J connectivity index is 1.47. The van der Waals surface area contributed by atoms with E-state index in [1.54, 1.807) is 42.6 Å². The molecular formula is C22H19ClN6O3. The van der Waals surface area contributed by atoms with E-state index in [0.29, 0.717) is 40.3 Å². The number of aromatic nitrogens is 5. The van der Waals surface area contributed by atoms with Crippen LogP contribution in [0, 0.1) is 0 Å². The first-order valence-electron chi connectivity index (χ1n) is 10.1. The molecule has 1 fully saturated rings. The predicted octanol–water partition coefficient (Wildman–Crippen LogP) is 3.96. The van der Waals surface area contributed by atoms with Gasteiger partial charge < -0.3 is 14.2 Å². The maximum absolute atomic E-state index is 13.6. The van der Waals surface area contributed by atoms with Crippen LogP contribution < -0.4 is 4.74 Å². The highest BCUT2D eigenvalue weighted by atomic mass is 35.5. The number of carbonyl (C=O) groups excluding carboxylic acids is 1. The van der Waals surface area contributed by atoms with Crippen LogP contribution in [0.5, 0.6) is 5.75 Å². The Morgan fingerprint density at radius 1 is 1.19 bits per heavy atom. The summed E-state index contributed by atoms with van der Waals surface area (Å²) in [7, 11) is 1.59. The summed E-state index contributed by atoms with van der Waals surface area (Å²) < 4.78 is 11.0. The van der Waals surface area contributed by atoms with E-state index >= 15 is 0 Å². The normalized spacial score (nSPS) is 15.8. The van der Waals surface area contributed by atoms with Gasteiger partial charge in [0.1, 0.15) is 11.8 Å². The lowest BCUT2D eigenvalue weighted by Gasteiger charge is -2.23. The monoisotopic (exact) mass is 450 g/mol. The number of halogens is 1. The molecule has 0 N–H and O–H groups in total. The van der Waals surface area contributed by atoms with Crippen molar-refractivity contribution < 1.29 is 14.1 Å². The fraction of sp³-hybridized carbons (Fsp3) is 0.227. The lowest BCUT2D eigenvalue weighted by molar-refractivity contribution is 0.0709. The van der Waals surface area contributed by atoms with Crippen LogP contribution >= 0.6 is 11.6 Å². The maximum atomic E-state index is 13.6. The average molecular weight is 451 g/mol. The van der Waals surface area contributed by atoms with Crippen LogP contribution in [-0.2, 0) is 0 Å². The molecule has 0 saturated carbocycles. The van der Waals surface area contributed by atoms with Crippen molar-refractivity contribution in [3.8, 4) is 22.8 Å². The summed E-state index contributed by atoms with van der Waals surface area (Å²) in [5, 5.41) is 12.9. The highest BCUT2D eigenvalue weighted by Gasteiger charge is 2.36. The van der Waals surface area contributed by atoms with Crippen LogP contribution in [0.25, 0.3) is 17.1 Å². The highest BCUT2D eigenvalue weighted by molar-refractivity contribution is 6.31. The van der Waals surface area contributed by atoms with Gasteiger partial charge in [0.25, 0.3) is 5.91 Å². The second kappa shape index (κ2) is 8.43. The minimum atomic E-state index is -0.337. The summed E-state index contributed by atoms with van der Waals surface area (Å²) >= 11 is 6.21. The number of hydrogen-bond donors (Lipinski definition) is 0. The quantitative estimate of drug-likeness (QED) is 0.453. The van der Waals surface area contributed by atoms with Gasteiger partial charge in [0.2, 0.25) is 11.7 Å².